The fourth-order valence-corrected chi connectivity index (χ4v) is 2.18. The summed E-state index contributed by atoms with van der Waals surface area (Å²) in [7, 11) is 1.67. The SMILES string of the molecule is COc1cc(C)c(-c2cc(Cl)nc(C)n2)cc1C. The van der Waals surface area contributed by atoms with E-state index in [-0.39, 0.29) is 0 Å². The Hall–Kier alpha value is -1.61. The van der Waals surface area contributed by atoms with E-state index in [4.69, 9.17) is 16.3 Å². The number of aromatic nitrogens is 2. The predicted molar refractivity (Wildman–Crippen MR) is 73.2 cm³/mol. The maximum atomic E-state index is 5.97. The number of benzene rings is 1. The molecule has 3 nitrogen and oxygen atoms in total. The highest BCUT2D eigenvalue weighted by Crippen LogP contribution is 2.29. The van der Waals surface area contributed by atoms with Gasteiger partial charge in [0.1, 0.15) is 16.7 Å². The average molecular weight is 263 g/mol. The molecular formula is C14H15ClN2O. The summed E-state index contributed by atoms with van der Waals surface area (Å²) >= 11 is 5.97. The lowest BCUT2D eigenvalue weighted by molar-refractivity contribution is 0.411. The maximum absolute atomic E-state index is 5.97. The van der Waals surface area contributed by atoms with Crippen molar-refractivity contribution >= 4 is 11.6 Å². The molecule has 94 valence electrons. The normalized spacial score (nSPS) is 10.5. The number of methoxy groups -OCH3 is 1. The molecular weight excluding hydrogens is 248 g/mol. The minimum atomic E-state index is 0.463. The van der Waals surface area contributed by atoms with Crippen LogP contribution in [0.25, 0.3) is 11.3 Å². The molecule has 0 fully saturated rings. The third-order valence-corrected chi connectivity index (χ3v) is 3.02. The van der Waals surface area contributed by atoms with Gasteiger partial charge in [-0.05, 0) is 44.0 Å². The van der Waals surface area contributed by atoms with Gasteiger partial charge in [0.15, 0.2) is 0 Å². The molecule has 0 amide bonds. The van der Waals surface area contributed by atoms with Crippen LogP contribution in [0.4, 0.5) is 0 Å². The van der Waals surface area contributed by atoms with E-state index >= 15 is 0 Å². The Morgan fingerprint density at radius 3 is 2.33 bits per heavy atom. The fourth-order valence-electron chi connectivity index (χ4n) is 1.95. The molecule has 0 atom stereocenters. The zero-order chi connectivity index (χ0) is 13.3. The number of hydrogen-bond acceptors (Lipinski definition) is 3. The van der Waals surface area contributed by atoms with Crippen molar-refractivity contribution in [2.75, 3.05) is 7.11 Å². The first-order valence-electron chi connectivity index (χ1n) is 5.68. The number of ether oxygens (including phenoxy) is 1. The van der Waals surface area contributed by atoms with E-state index < -0.39 is 0 Å². The second kappa shape index (κ2) is 4.94. The van der Waals surface area contributed by atoms with Crippen molar-refractivity contribution in [2.24, 2.45) is 0 Å². The van der Waals surface area contributed by atoms with Crippen LogP contribution < -0.4 is 4.74 Å². The van der Waals surface area contributed by atoms with Crippen molar-refractivity contribution in [1.82, 2.24) is 9.97 Å². The van der Waals surface area contributed by atoms with Crippen LogP contribution in [0.2, 0.25) is 5.15 Å². The molecule has 0 unspecified atom stereocenters. The first kappa shape index (κ1) is 12.8. The van der Waals surface area contributed by atoms with Crippen molar-refractivity contribution in [2.45, 2.75) is 20.8 Å². The summed E-state index contributed by atoms with van der Waals surface area (Å²) in [6, 6.07) is 5.85. The average Bonchev–Trinajstić information content (AvgIpc) is 2.30. The van der Waals surface area contributed by atoms with Gasteiger partial charge in [0.25, 0.3) is 0 Å². The summed E-state index contributed by atoms with van der Waals surface area (Å²) in [4.78, 5) is 8.50. The van der Waals surface area contributed by atoms with Gasteiger partial charge in [-0.1, -0.05) is 11.6 Å². The third kappa shape index (κ3) is 2.46. The largest absolute Gasteiger partial charge is 0.496 e. The van der Waals surface area contributed by atoms with Gasteiger partial charge in [-0.15, -0.1) is 0 Å². The predicted octanol–water partition coefficient (Wildman–Crippen LogP) is 3.73. The molecule has 0 saturated carbocycles. The second-order valence-electron chi connectivity index (χ2n) is 4.26. The van der Waals surface area contributed by atoms with Crippen LogP contribution in [0, 0.1) is 20.8 Å². The molecule has 1 aromatic carbocycles. The van der Waals surface area contributed by atoms with E-state index in [1.54, 1.807) is 13.2 Å². The molecule has 1 heterocycles. The van der Waals surface area contributed by atoms with Crippen molar-refractivity contribution in [3.63, 3.8) is 0 Å². The molecule has 1 aromatic heterocycles. The Morgan fingerprint density at radius 2 is 1.72 bits per heavy atom. The minimum absolute atomic E-state index is 0.463. The highest BCUT2D eigenvalue weighted by atomic mass is 35.5. The zero-order valence-electron chi connectivity index (χ0n) is 10.9. The number of aryl methyl sites for hydroxylation is 3. The topological polar surface area (TPSA) is 35.0 Å². The zero-order valence-corrected chi connectivity index (χ0v) is 11.7. The third-order valence-electron chi connectivity index (χ3n) is 2.82. The van der Waals surface area contributed by atoms with Crippen LogP contribution >= 0.6 is 11.6 Å². The highest BCUT2D eigenvalue weighted by Gasteiger charge is 2.09. The standard InChI is InChI=1S/C14H15ClN2O/c1-8-6-13(18-4)9(2)5-11(8)12-7-14(15)17-10(3)16-12/h5-7H,1-4H3. The Balaban J connectivity index is 2.60. The molecule has 2 aromatic rings. The van der Waals surface area contributed by atoms with Gasteiger partial charge in [-0.2, -0.15) is 0 Å². The minimum Gasteiger partial charge on any atom is -0.496 e. The number of hydrogen-bond donors (Lipinski definition) is 0. The molecule has 2 rings (SSSR count). The lowest BCUT2D eigenvalue weighted by Crippen LogP contribution is -1.95. The number of rotatable bonds is 2. The quantitative estimate of drug-likeness (QED) is 0.774. The van der Waals surface area contributed by atoms with Crippen LogP contribution in [0.15, 0.2) is 18.2 Å². The first-order chi connectivity index (χ1) is 8.51. The van der Waals surface area contributed by atoms with Gasteiger partial charge >= 0.3 is 0 Å². The molecule has 0 aliphatic rings. The van der Waals surface area contributed by atoms with Crippen LogP contribution in [-0.4, -0.2) is 17.1 Å². The smallest absolute Gasteiger partial charge is 0.133 e. The highest BCUT2D eigenvalue weighted by molar-refractivity contribution is 6.29. The summed E-state index contributed by atoms with van der Waals surface area (Å²) < 4.78 is 5.31. The van der Waals surface area contributed by atoms with E-state index in [2.05, 4.69) is 16.0 Å². The van der Waals surface area contributed by atoms with Gasteiger partial charge in [-0.25, -0.2) is 9.97 Å². The van der Waals surface area contributed by atoms with E-state index in [1.165, 1.54) is 0 Å². The summed E-state index contributed by atoms with van der Waals surface area (Å²) in [6.45, 7) is 5.88. The summed E-state index contributed by atoms with van der Waals surface area (Å²) in [5, 5.41) is 0.463. The number of nitrogens with zero attached hydrogens (tertiary/aromatic N) is 2. The summed E-state index contributed by atoms with van der Waals surface area (Å²) in [5.74, 6) is 1.55. The molecule has 0 aliphatic carbocycles. The van der Waals surface area contributed by atoms with Crippen LogP contribution in [0.5, 0.6) is 5.75 Å². The first-order valence-corrected chi connectivity index (χ1v) is 6.06. The molecule has 0 N–H and O–H groups in total. The van der Waals surface area contributed by atoms with Gasteiger partial charge in [-0.3, -0.25) is 0 Å². The lowest BCUT2D eigenvalue weighted by Gasteiger charge is -2.11. The number of halogens is 1. The molecule has 0 saturated heterocycles. The monoisotopic (exact) mass is 262 g/mol. The van der Waals surface area contributed by atoms with Crippen molar-refractivity contribution < 1.29 is 4.74 Å². The van der Waals surface area contributed by atoms with Crippen molar-refractivity contribution in [3.8, 4) is 17.0 Å². The molecule has 18 heavy (non-hydrogen) atoms. The van der Waals surface area contributed by atoms with E-state index in [9.17, 15) is 0 Å². The van der Waals surface area contributed by atoms with Gasteiger partial charge < -0.3 is 4.74 Å². The van der Waals surface area contributed by atoms with Gasteiger partial charge in [0.05, 0.1) is 12.8 Å². The van der Waals surface area contributed by atoms with Crippen molar-refractivity contribution in [1.29, 1.82) is 0 Å². The fraction of sp³-hybridized carbons (Fsp3) is 0.286. The Kier molecular flexibility index (Phi) is 3.53. The van der Waals surface area contributed by atoms with Gasteiger partial charge in [0, 0.05) is 11.6 Å². The summed E-state index contributed by atoms with van der Waals surface area (Å²) in [5.41, 5.74) is 4.08. The van der Waals surface area contributed by atoms with E-state index in [0.717, 1.165) is 28.1 Å². The molecule has 4 heteroatoms. The molecule has 0 bridgehead atoms. The Bertz CT molecular complexity index is 576. The van der Waals surface area contributed by atoms with Gasteiger partial charge in [0.2, 0.25) is 0 Å². The molecule has 0 radical (unpaired) electrons. The Morgan fingerprint density at radius 1 is 1.00 bits per heavy atom. The van der Waals surface area contributed by atoms with E-state index in [1.807, 2.05) is 26.8 Å². The molecule has 0 spiro atoms. The second-order valence-corrected chi connectivity index (χ2v) is 4.65. The maximum Gasteiger partial charge on any atom is 0.133 e. The van der Waals surface area contributed by atoms with Crippen LogP contribution in [-0.2, 0) is 0 Å². The van der Waals surface area contributed by atoms with Crippen molar-refractivity contribution in [3.05, 3.63) is 40.3 Å². The lowest BCUT2D eigenvalue weighted by atomic mass is 10.0. The van der Waals surface area contributed by atoms with Crippen LogP contribution in [0.3, 0.4) is 0 Å². The molecule has 0 aliphatic heterocycles. The summed E-state index contributed by atoms with van der Waals surface area (Å²) in [6.07, 6.45) is 0. The van der Waals surface area contributed by atoms with E-state index in [0.29, 0.717) is 11.0 Å². The van der Waals surface area contributed by atoms with Crippen LogP contribution in [0.1, 0.15) is 17.0 Å². The Labute approximate surface area is 112 Å².